The van der Waals surface area contributed by atoms with E-state index in [1.807, 2.05) is 13.8 Å². The molecule has 29 heavy (non-hydrogen) atoms. The Balaban J connectivity index is 1.72. The molecule has 1 atom stereocenters. The van der Waals surface area contributed by atoms with Crippen LogP contribution in [0, 0.1) is 13.8 Å². The number of nitrogens with one attached hydrogen (secondary N) is 1. The molecule has 1 aromatic carbocycles. The van der Waals surface area contributed by atoms with Crippen LogP contribution in [0.1, 0.15) is 39.8 Å². The molecule has 0 unspecified atom stereocenters. The van der Waals surface area contributed by atoms with E-state index in [4.69, 9.17) is 4.74 Å². The molecule has 0 aliphatic heterocycles. The number of thiophene rings is 1. The maximum absolute atomic E-state index is 12.8. The number of H-pyrrole nitrogens is 1. The third-order valence-corrected chi connectivity index (χ3v) is 5.98. The topological polar surface area (TPSA) is 107 Å². The molecule has 0 bridgehead atoms. The monoisotopic (exact) mass is 410 g/mol. The third kappa shape index (κ3) is 3.13. The highest BCUT2D eigenvalue weighted by atomic mass is 32.1. The molecule has 9 heteroatoms. The van der Waals surface area contributed by atoms with Gasteiger partial charge in [-0.1, -0.05) is 18.2 Å². The molecule has 8 nitrogen and oxygen atoms in total. The van der Waals surface area contributed by atoms with E-state index < -0.39 is 12.1 Å². The average Bonchev–Trinajstić information content (AvgIpc) is 2.98. The summed E-state index contributed by atoms with van der Waals surface area (Å²) in [5.74, 6) is -0.447. The van der Waals surface area contributed by atoms with Gasteiger partial charge in [0.05, 0.1) is 10.8 Å². The maximum Gasteiger partial charge on any atom is 0.360 e. The average molecular weight is 410 g/mol. The van der Waals surface area contributed by atoms with Crippen molar-refractivity contribution in [3.8, 4) is 0 Å². The van der Waals surface area contributed by atoms with Gasteiger partial charge < -0.3 is 9.72 Å². The van der Waals surface area contributed by atoms with E-state index >= 15 is 0 Å². The Morgan fingerprint density at radius 3 is 2.62 bits per heavy atom. The highest BCUT2D eigenvalue weighted by molar-refractivity contribution is 7.18. The van der Waals surface area contributed by atoms with E-state index in [2.05, 4.69) is 15.1 Å². The third-order valence-electron chi connectivity index (χ3n) is 4.88. The van der Waals surface area contributed by atoms with Gasteiger partial charge in [0.15, 0.2) is 17.6 Å². The SMILES string of the molecule is Cc1sc2nc([C@H](C)OC(=O)c3nn(C)c(=O)c4ccccc34)[nH]c(=O)c2c1C. The minimum Gasteiger partial charge on any atom is -0.450 e. The highest BCUT2D eigenvalue weighted by Crippen LogP contribution is 2.27. The number of rotatable bonds is 3. The van der Waals surface area contributed by atoms with Crippen LogP contribution in [0.3, 0.4) is 0 Å². The molecule has 0 amide bonds. The summed E-state index contributed by atoms with van der Waals surface area (Å²) in [5, 5.41) is 5.41. The fourth-order valence-electron chi connectivity index (χ4n) is 3.19. The van der Waals surface area contributed by atoms with Crippen LogP contribution < -0.4 is 11.1 Å². The molecule has 148 valence electrons. The fraction of sp³-hybridized carbons (Fsp3) is 0.250. The Morgan fingerprint density at radius 1 is 1.21 bits per heavy atom. The van der Waals surface area contributed by atoms with E-state index in [1.54, 1.807) is 31.2 Å². The standard InChI is InChI=1S/C20H18N4O4S/c1-9-11(3)29-18-14(9)17(25)21-16(22-18)10(2)28-20(27)15-12-7-5-6-8-13(12)19(26)24(4)23-15/h5-8,10H,1-4H3,(H,21,22,25)/t10-/m0/s1. The van der Waals surface area contributed by atoms with Gasteiger partial charge in [0.1, 0.15) is 4.83 Å². The first-order valence-corrected chi connectivity index (χ1v) is 9.76. The summed E-state index contributed by atoms with van der Waals surface area (Å²) in [7, 11) is 1.48. The lowest BCUT2D eigenvalue weighted by molar-refractivity contribution is 0.0313. The number of carbonyl (C=O) groups excluding carboxylic acids is 1. The Labute approximate surface area is 168 Å². The van der Waals surface area contributed by atoms with Gasteiger partial charge in [0.25, 0.3) is 11.1 Å². The van der Waals surface area contributed by atoms with Crippen LogP contribution in [0.25, 0.3) is 21.0 Å². The van der Waals surface area contributed by atoms with E-state index in [-0.39, 0.29) is 22.6 Å². The van der Waals surface area contributed by atoms with Gasteiger partial charge in [0.2, 0.25) is 0 Å². The van der Waals surface area contributed by atoms with Crippen LogP contribution in [0.15, 0.2) is 33.9 Å². The van der Waals surface area contributed by atoms with Crippen molar-refractivity contribution in [1.29, 1.82) is 0 Å². The predicted molar refractivity (Wildman–Crippen MR) is 111 cm³/mol. The maximum atomic E-state index is 12.8. The molecule has 0 fully saturated rings. The number of ether oxygens (including phenoxy) is 1. The van der Waals surface area contributed by atoms with Crippen LogP contribution in [-0.2, 0) is 11.8 Å². The van der Waals surface area contributed by atoms with E-state index in [0.29, 0.717) is 21.0 Å². The Bertz CT molecular complexity index is 1400. The van der Waals surface area contributed by atoms with Crippen LogP contribution in [-0.4, -0.2) is 25.7 Å². The Morgan fingerprint density at radius 2 is 1.90 bits per heavy atom. The number of fused-ring (bicyclic) bond motifs is 2. The summed E-state index contributed by atoms with van der Waals surface area (Å²) in [4.78, 5) is 46.3. The second-order valence-electron chi connectivity index (χ2n) is 6.79. The van der Waals surface area contributed by atoms with Gasteiger partial charge in [-0.3, -0.25) is 9.59 Å². The Hall–Kier alpha value is -3.33. The molecular weight excluding hydrogens is 392 g/mol. The van der Waals surface area contributed by atoms with Crippen molar-refractivity contribution in [1.82, 2.24) is 19.7 Å². The van der Waals surface area contributed by atoms with Crippen molar-refractivity contribution >= 4 is 38.3 Å². The van der Waals surface area contributed by atoms with Gasteiger partial charge in [-0.05, 0) is 32.4 Å². The van der Waals surface area contributed by atoms with E-state index in [0.717, 1.165) is 15.1 Å². The summed E-state index contributed by atoms with van der Waals surface area (Å²) in [5.41, 5.74) is 0.363. The summed E-state index contributed by atoms with van der Waals surface area (Å²) < 4.78 is 6.63. The van der Waals surface area contributed by atoms with Crippen LogP contribution in [0.4, 0.5) is 0 Å². The van der Waals surface area contributed by atoms with Gasteiger partial charge in [-0.25, -0.2) is 14.5 Å². The largest absolute Gasteiger partial charge is 0.450 e. The molecule has 0 saturated heterocycles. The number of hydrogen-bond acceptors (Lipinski definition) is 7. The van der Waals surface area contributed by atoms with Gasteiger partial charge in [-0.2, -0.15) is 5.10 Å². The fourth-order valence-corrected chi connectivity index (χ4v) is 4.22. The van der Waals surface area contributed by atoms with Crippen molar-refractivity contribution in [2.24, 2.45) is 7.05 Å². The lowest BCUT2D eigenvalue weighted by Gasteiger charge is -2.13. The normalized spacial score (nSPS) is 12.4. The quantitative estimate of drug-likeness (QED) is 0.521. The second-order valence-corrected chi connectivity index (χ2v) is 7.99. The van der Waals surface area contributed by atoms with Crippen molar-refractivity contribution < 1.29 is 9.53 Å². The summed E-state index contributed by atoms with van der Waals surface area (Å²) in [6.07, 6.45) is -0.805. The lowest BCUT2D eigenvalue weighted by atomic mass is 10.1. The van der Waals surface area contributed by atoms with Crippen molar-refractivity contribution in [2.75, 3.05) is 0 Å². The van der Waals surface area contributed by atoms with Crippen LogP contribution in [0.2, 0.25) is 0 Å². The van der Waals surface area contributed by atoms with Gasteiger partial charge >= 0.3 is 5.97 Å². The number of aryl methyl sites for hydroxylation is 3. The first kappa shape index (κ1) is 19.0. The predicted octanol–water partition coefficient (Wildman–Crippen LogP) is 2.77. The smallest absolute Gasteiger partial charge is 0.360 e. The summed E-state index contributed by atoms with van der Waals surface area (Å²) in [6, 6.07) is 6.72. The zero-order chi connectivity index (χ0) is 20.9. The molecule has 0 radical (unpaired) electrons. The highest BCUT2D eigenvalue weighted by Gasteiger charge is 2.22. The minimum absolute atomic E-state index is 0.0285. The number of esters is 1. The van der Waals surface area contributed by atoms with Crippen molar-refractivity contribution in [3.05, 3.63) is 66.9 Å². The molecule has 0 spiro atoms. The lowest BCUT2D eigenvalue weighted by Crippen LogP contribution is -2.24. The molecule has 0 saturated carbocycles. The van der Waals surface area contributed by atoms with Crippen LogP contribution in [0.5, 0.6) is 0 Å². The second kappa shape index (κ2) is 6.93. The summed E-state index contributed by atoms with van der Waals surface area (Å²) >= 11 is 1.42. The molecule has 0 aliphatic rings. The van der Waals surface area contributed by atoms with Gasteiger partial charge in [0, 0.05) is 17.3 Å². The van der Waals surface area contributed by atoms with Crippen molar-refractivity contribution in [3.63, 3.8) is 0 Å². The molecule has 1 N–H and O–H groups in total. The van der Waals surface area contributed by atoms with E-state index in [9.17, 15) is 14.4 Å². The first-order chi connectivity index (χ1) is 13.8. The number of benzene rings is 1. The molecule has 4 aromatic rings. The zero-order valence-corrected chi connectivity index (χ0v) is 17.1. The number of hydrogen-bond donors (Lipinski definition) is 1. The molecular formula is C20H18N4O4S. The van der Waals surface area contributed by atoms with Crippen molar-refractivity contribution in [2.45, 2.75) is 26.9 Å². The number of nitrogens with zero attached hydrogens (tertiary/aromatic N) is 3. The Kier molecular flexibility index (Phi) is 4.54. The summed E-state index contributed by atoms with van der Waals surface area (Å²) in [6.45, 7) is 5.44. The molecule has 0 aliphatic carbocycles. The number of carbonyl (C=O) groups is 1. The van der Waals surface area contributed by atoms with Crippen LogP contribution >= 0.6 is 11.3 Å². The van der Waals surface area contributed by atoms with E-state index in [1.165, 1.54) is 18.4 Å². The molecule has 4 rings (SSSR count). The zero-order valence-electron chi connectivity index (χ0n) is 16.3. The van der Waals surface area contributed by atoms with Gasteiger partial charge in [-0.15, -0.1) is 11.3 Å². The first-order valence-electron chi connectivity index (χ1n) is 8.95. The number of aromatic amines is 1. The molecule has 3 aromatic heterocycles. The number of aromatic nitrogens is 4. The minimum atomic E-state index is -0.805. The molecule has 3 heterocycles.